The number of ether oxygens (including phenoxy) is 1. The third-order valence-corrected chi connectivity index (χ3v) is 6.29. The van der Waals surface area contributed by atoms with E-state index in [1.54, 1.807) is 17.0 Å². The highest BCUT2D eigenvalue weighted by molar-refractivity contribution is 6.42. The van der Waals surface area contributed by atoms with Gasteiger partial charge in [0, 0.05) is 19.0 Å². The molecule has 2 atom stereocenters. The molecule has 33 heavy (non-hydrogen) atoms. The van der Waals surface area contributed by atoms with Gasteiger partial charge in [-0.25, -0.2) is 0 Å². The summed E-state index contributed by atoms with van der Waals surface area (Å²) < 4.78 is 5.76. The molecule has 7 heteroatoms. The summed E-state index contributed by atoms with van der Waals surface area (Å²) >= 11 is 12.2. The number of nitrogens with one attached hydrogen (secondary N) is 1. The molecule has 2 amide bonds. The van der Waals surface area contributed by atoms with Crippen molar-refractivity contribution in [2.45, 2.75) is 72.0 Å². The Morgan fingerprint density at radius 1 is 1.03 bits per heavy atom. The van der Waals surface area contributed by atoms with Crippen LogP contribution in [-0.4, -0.2) is 35.4 Å². The Morgan fingerprint density at radius 3 is 2.33 bits per heavy atom. The zero-order chi connectivity index (χ0) is 24.4. The van der Waals surface area contributed by atoms with Crippen molar-refractivity contribution < 1.29 is 14.3 Å². The summed E-state index contributed by atoms with van der Waals surface area (Å²) in [6.45, 7) is 8.60. The minimum absolute atomic E-state index is 0.0383. The smallest absolute Gasteiger partial charge is 0.243 e. The van der Waals surface area contributed by atoms with Crippen molar-refractivity contribution in [2.75, 3.05) is 6.61 Å². The Balaban J connectivity index is 2.09. The number of benzene rings is 2. The van der Waals surface area contributed by atoms with Gasteiger partial charge in [-0.05, 0) is 62.9 Å². The molecule has 2 rings (SSSR count). The first-order valence-electron chi connectivity index (χ1n) is 11.5. The maximum atomic E-state index is 13.2. The number of nitrogens with zero attached hydrogens (tertiary/aromatic N) is 1. The summed E-state index contributed by atoms with van der Waals surface area (Å²) in [6.07, 6.45) is 2.16. The lowest BCUT2D eigenvalue weighted by molar-refractivity contribution is -0.141. The van der Waals surface area contributed by atoms with Gasteiger partial charge in [-0.1, -0.05) is 60.8 Å². The van der Waals surface area contributed by atoms with Crippen molar-refractivity contribution in [2.24, 2.45) is 0 Å². The zero-order valence-electron chi connectivity index (χ0n) is 19.9. The van der Waals surface area contributed by atoms with Crippen molar-refractivity contribution in [3.8, 4) is 5.75 Å². The van der Waals surface area contributed by atoms with Gasteiger partial charge in [-0.15, -0.1) is 0 Å². The van der Waals surface area contributed by atoms with Gasteiger partial charge in [-0.3, -0.25) is 9.59 Å². The largest absolute Gasteiger partial charge is 0.494 e. The molecule has 0 heterocycles. The molecular formula is C26H34Cl2N2O3. The standard InChI is InChI=1S/C26H34Cl2N2O3/c1-5-19(4)29-26(32)24(6-2)30(17-20-11-14-22(27)23(28)16-20)25(31)8-7-15-33-21-12-9-18(3)10-13-21/h9-14,16,19,24H,5-8,15,17H2,1-4H3,(H,29,32). The van der Waals surface area contributed by atoms with Gasteiger partial charge < -0.3 is 15.0 Å². The Morgan fingerprint density at radius 2 is 1.73 bits per heavy atom. The number of amides is 2. The molecule has 0 radical (unpaired) electrons. The fourth-order valence-electron chi connectivity index (χ4n) is 3.39. The molecule has 5 nitrogen and oxygen atoms in total. The molecule has 0 spiro atoms. The molecule has 1 N–H and O–H groups in total. The molecule has 0 bridgehead atoms. The van der Waals surface area contributed by atoms with Crippen LogP contribution >= 0.6 is 23.2 Å². The van der Waals surface area contributed by atoms with Crippen molar-refractivity contribution in [1.29, 1.82) is 0 Å². The number of halogens is 2. The molecule has 2 aromatic rings. The zero-order valence-corrected chi connectivity index (χ0v) is 21.4. The van der Waals surface area contributed by atoms with Gasteiger partial charge in [-0.2, -0.15) is 0 Å². The Kier molecular flexibility index (Phi) is 11.0. The van der Waals surface area contributed by atoms with Crippen LogP contribution in [0.5, 0.6) is 5.75 Å². The molecule has 0 aromatic heterocycles. The van der Waals surface area contributed by atoms with Crippen molar-refractivity contribution in [1.82, 2.24) is 10.2 Å². The highest BCUT2D eigenvalue weighted by Gasteiger charge is 2.29. The normalized spacial score (nSPS) is 12.7. The van der Waals surface area contributed by atoms with Crippen LogP contribution in [0.4, 0.5) is 0 Å². The summed E-state index contributed by atoms with van der Waals surface area (Å²) in [6, 6.07) is 12.5. The highest BCUT2D eigenvalue weighted by atomic mass is 35.5. The number of carbonyl (C=O) groups excluding carboxylic acids is 2. The second-order valence-electron chi connectivity index (χ2n) is 8.28. The lowest BCUT2D eigenvalue weighted by Gasteiger charge is -2.31. The quantitative estimate of drug-likeness (QED) is 0.359. The Hall–Kier alpha value is -2.24. The average Bonchev–Trinajstić information content (AvgIpc) is 2.79. The molecular weight excluding hydrogens is 459 g/mol. The molecule has 2 aromatic carbocycles. The summed E-state index contributed by atoms with van der Waals surface area (Å²) in [5.41, 5.74) is 1.99. The van der Waals surface area contributed by atoms with Gasteiger partial charge in [0.2, 0.25) is 11.8 Å². The minimum Gasteiger partial charge on any atom is -0.494 e. The highest BCUT2D eigenvalue weighted by Crippen LogP contribution is 2.24. The number of carbonyl (C=O) groups is 2. The van der Waals surface area contributed by atoms with E-state index in [9.17, 15) is 9.59 Å². The van der Waals surface area contributed by atoms with Crippen molar-refractivity contribution >= 4 is 35.0 Å². The molecule has 0 fully saturated rings. The lowest BCUT2D eigenvalue weighted by atomic mass is 10.1. The second kappa shape index (κ2) is 13.5. The van der Waals surface area contributed by atoms with Crippen molar-refractivity contribution in [3.63, 3.8) is 0 Å². The fraction of sp³-hybridized carbons (Fsp3) is 0.462. The maximum absolute atomic E-state index is 13.2. The van der Waals surface area contributed by atoms with E-state index in [1.165, 1.54) is 0 Å². The third kappa shape index (κ3) is 8.56. The SMILES string of the molecule is CCC(C)NC(=O)C(CC)N(Cc1ccc(Cl)c(Cl)c1)C(=O)CCCOc1ccc(C)cc1. The van der Waals surface area contributed by atoms with E-state index in [0.29, 0.717) is 29.5 Å². The summed E-state index contributed by atoms with van der Waals surface area (Å²) in [5, 5.41) is 3.88. The summed E-state index contributed by atoms with van der Waals surface area (Å²) in [7, 11) is 0. The van der Waals surface area contributed by atoms with Gasteiger partial charge in [0.15, 0.2) is 0 Å². The molecule has 0 aliphatic heterocycles. The first-order valence-corrected chi connectivity index (χ1v) is 12.2. The van der Waals surface area contributed by atoms with Crippen LogP contribution in [0, 0.1) is 6.92 Å². The number of hydrogen-bond acceptors (Lipinski definition) is 3. The van der Waals surface area contributed by atoms with Gasteiger partial charge in [0.05, 0.1) is 16.7 Å². The van der Waals surface area contributed by atoms with Crippen LogP contribution < -0.4 is 10.1 Å². The van der Waals surface area contributed by atoms with E-state index >= 15 is 0 Å². The predicted octanol–water partition coefficient (Wildman–Crippen LogP) is 6.18. The van der Waals surface area contributed by atoms with Crippen LogP contribution in [0.1, 0.15) is 57.6 Å². The molecule has 0 aliphatic rings. The van der Waals surface area contributed by atoms with E-state index in [2.05, 4.69) is 5.32 Å². The Bertz CT molecular complexity index is 918. The van der Waals surface area contributed by atoms with Crippen molar-refractivity contribution in [3.05, 3.63) is 63.6 Å². The molecule has 2 unspecified atom stereocenters. The number of rotatable bonds is 12. The predicted molar refractivity (Wildman–Crippen MR) is 135 cm³/mol. The van der Waals surface area contributed by atoms with Crippen LogP contribution in [0.15, 0.2) is 42.5 Å². The first kappa shape index (κ1) is 27.0. The van der Waals surface area contributed by atoms with E-state index in [4.69, 9.17) is 27.9 Å². The minimum atomic E-state index is -0.570. The monoisotopic (exact) mass is 492 g/mol. The van der Waals surface area contributed by atoms with Gasteiger partial charge in [0.25, 0.3) is 0 Å². The fourth-order valence-corrected chi connectivity index (χ4v) is 3.71. The van der Waals surface area contributed by atoms with E-state index < -0.39 is 6.04 Å². The molecule has 0 saturated heterocycles. The van der Waals surface area contributed by atoms with Crippen LogP contribution in [0.25, 0.3) is 0 Å². The maximum Gasteiger partial charge on any atom is 0.243 e. The van der Waals surface area contributed by atoms with Gasteiger partial charge in [0.1, 0.15) is 11.8 Å². The average molecular weight is 493 g/mol. The molecule has 0 aliphatic carbocycles. The molecule has 0 saturated carbocycles. The van der Waals surface area contributed by atoms with E-state index in [1.807, 2.05) is 58.0 Å². The third-order valence-electron chi connectivity index (χ3n) is 5.55. The Labute approximate surface area is 207 Å². The molecule has 180 valence electrons. The van der Waals surface area contributed by atoms with Crippen LogP contribution in [0.3, 0.4) is 0 Å². The number of hydrogen-bond donors (Lipinski definition) is 1. The summed E-state index contributed by atoms with van der Waals surface area (Å²) in [4.78, 5) is 27.9. The van der Waals surface area contributed by atoms with Crippen LogP contribution in [-0.2, 0) is 16.1 Å². The van der Waals surface area contributed by atoms with Gasteiger partial charge >= 0.3 is 0 Å². The first-order chi connectivity index (χ1) is 15.7. The van der Waals surface area contributed by atoms with Crippen LogP contribution in [0.2, 0.25) is 10.0 Å². The lowest BCUT2D eigenvalue weighted by Crippen LogP contribution is -2.50. The summed E-state index contributed by atoms with van der Waals surface area (Å²) in [5.74, 6) is 0.538. The van der Waals surface area contributed by atoms with E-state index in [0.717, 1.165) is 23.3 Å². The second-order valence-corrected chi connectivity index (χ2v) is 9.09. The topological polar surface area (TPSA) is 58.6 Å². The number of aryl methyl sites for hydroxylation is 1. The van der Waals surface area contributed by atoms with E-state index in [-0.39, 0.29) is 30.8 Å².